The normalized spacial score (nSPS) is 23.1. The number of nitrogens with zero attached hydrogens (tertiary/aromatic N) is 1. The average Bonchev–Trinajstić information content (AvgIpc) is 2.46. The fourth-order valence-electron chi connectivity index (χ4n) is 2.61. The van der Waals surface area contributed by atoms with Crippen molar-refractivity contribution < 1.29 is 17.9 Å². The summed E-state index contributed by atoms with van der Waals surface area (Å²) in [4.78, 5) is 14.1. The second-order valence-corrected chi connectivity index (χ2v) is 7.06. The van der Waals surface area contributed by atoms with Gasteiger partial charge in [0.2, 0.25) is 10.0 Å². The van der Waals surface area contributed by atoms with E-state index in [-0.39, 0.29) is 16.4 Å². The number of nitrogens with two attached hydrogens (primary N) is 1. The van der Waals surface area contributed by atoms with Gasteiger partial charge < -0.3 is 9.64 Å². The molecule has 1 aromatic rings. The van der Waals surface area contributed by atoms with Crippen LogP contribution in [-0.2, 0) is 14.8 Å². The molecule has 0 aromatic heterocycles. The van der Waals surface area contributed by atoms with E-state index < -0.39 is 15.6 Å². The molecule has 1 atom stereocenters. The minimum Gasteiger partial charge on any atom is -0.377 e. The fraction of sp³-hybridized carbons (Fsp3) is 0.500. The number of benzene rings is 1. The Balaban J connectivity index is 2.33. The van der Waals surface area contributed by atoms with Crippen LogP contribution in [0, 0.1) is 0 Å². The lowest BCUT2D eigenvalue weighted by atomic mass is 9.94. The van der Waals surface area contributed by atoms with Crippen LogP contribution in [0.3, 0.4) is 0 Å². The van der Waals surface area contributed by atoms with Crippen molar-refractivity contribution in [2.75, 3.05) is 20.2 Å². The molecule has 0 spiro atoms. The van der Waals surface area contributed by atoms with Gasteiger partial charge in [0, 0.05) is 20.2 Å². The largest absolute Gasteiger partial charge is 0.377 e. The standard InChI is InChI=1S/C14H20N2O4S/c1-14(20-2)8-5-9-16(10-14)13(17)11-6-3-4-7-12(11)21(15,18)19/h3-4,6-7H,5,8-10H2,1-2H3,(H2,15,18,19). The predicted molar refractivity (Wildman–Crippen MR) is 78.4 cm³/mol. The number of amides is 1. The minimum atomic E-state index is -3.93. The van der Waals surface area contributed by atoms with Crippen molar-refractivity contribution in [3.63, 3.8) is 0 Å². The molecule has 1 unspecified atom stereocenters. The second-order valence-electron chi connectivity index (χ2n) is 5.53. The monoisotopic (exact) mass is 312 g/mol. The van der Waals surface area contributed by atoms with E-state index in [1.165, 1.54) is 12.1 Å². The van der Waals surface area contributed by atoms with E-state index >= 15 is 0 Å². The first-order valence-electron chi connectivity index (χ1n) is 6.73. The quantitative estimate of drug-likeness (QED) is 0.900. The summed E-state index contributed by atoms with van der Waals surface area (Å²) in [7, 11) is -2.31. The van der Waals surface area contributed by atoms with Crippen LogP contribution < -0.4 is 5.14 Å². The molecule has 0 bridgehead atoms. The van der Waals surface area contributed by atoms with Crippen molar-refractivity contribution >= 4 is 15.9 Å². The van der Waals surface area contributed by atoms with Crippen LogP contribution >= 0.6 is 0 Å². The molecule has 1 fully saturated rings. The summed E-state index contributed by atoms with van der Waals surface area (Å²) in [5, 5.41) is 5.18. The second kappa shape index (κ2) is 5.75. The third kappa shape index (κ3) is 3.42. The Kier molecular flexibility index (Phi) is 4.36. The van der Waals surface area contributed by atoms with E-state index in [0.29, 0.717) is 13.1 Å². The first-order chi connectivity index (χ1) is 9.77. The van der Waals surface area contributed by atoms with Gasteiger partial charge in [-0.1, -0.05) is 12.1 Å². The number of primary sulfonamides is 1. The van der Waals surface area contributed by atoms with Crippen molar-refractivity contribution in [3.8, 4) is 0 Å². The van der Waals surface area contributed by atoms with Gasteiger partial charge in [0.1, 0.15) is 0 Å². The van der Waals surface area contributed by atoms with Crippen molar-refractivity contribution in [2.45, 2.75) is 30.3 Å². The molecular weight excluding hydrogens is 292 g/mol. The molecule has 1 heterocycles. The first-order valence-corrected chi connectivity index (χ1v) is 8.28. The van der Waals surface area contributed by atoms with Crippen molar-refractivity contribution in [2.24, 2.45) is 5.14 Å². The highest BCUT2D eigenvalue weighted by atomic mass is 32.2. The SMILES string of the molecule is COC1(C)CCCN(C(=O)c2ccccc2S(N)(=O)=O)C1. The number of hydrogen-bond donors (Lipinski definition) is 1. The smallest absolute Gasteiger partial charge is 0.255 e. The van der Waals surface area contributed by atoms with Crippen molar-refractivity contribution in [3.05, 3.63) is 29.8 Å². The summed E-state index contributed by atoms with van der Waals surface area (Å²) in [6.07, 6.45) is 1.68. The number of piperidine rings is 1. The van der Waals surface area contributed by atoms with E-state index in [1.54, 1.807) is 24.1 Å². The van der Waals surface area contributed by atoms with Gasteiger partial charge >= 0.3 is 0 Å². The van der Waals surface area contributed by atoms with Gasteiger partial charge in [0.25, 0.3) is 5.91 Å². The number of methoxy groups -OCH3 is 1. The summed E-state index contributed by atoms with van der Waals surface area (Å²) in [5.74, 6) is -0.331. The van der Waals surface area contributed by atoms with Gasteiger partial charge in [0.05, 0.1) is 16.1 Å². The zero-order valence-corrected chi connectivity index (χ0v) is 13.0. The van der Waals surface area contributed by atoms with Crippen LogP contribution in [0.5, 0.6) is 0 Å². The summed E-state index contributed by atoms with van der Waals surface area (Å²) >= 11 is 0. The predicted octanol–water partition coefficient (Wildman–Crippen LogP) is 0.975. The third-order valence-electron chi connectivity index (χ3n) is 3.86. The van der Waals surface area contributed by atoms with Gasteiger partial charge in [-0.25, -0.2) is 13.6 Å². The molecule has 2 N–H and O–H groups in total. The van der Waals surface area contributed by atoms with Crippen LogP contribution in [0.2, 0.25) is 0 Å². The fourth-order valence-corrected chi connectivity index (χ4v) is 3.34. The number of ether oxygens (including phenoxy) is 1. The number of hydrogen-bond acceptors (Lipinski definition) is 4. The molecule has 0 aliphatic carbocycles. The molecule has 1 aromatic carbocycles. The minimum absolute atomic E-state index is 0.111. The number of likely N-dealkylation sites (tertiary alicyclic amines) is 1. The maximum absolute atomic E-state index is 12.6. The summed E-state index contributed by atoms with van der Waals surface area (Å²) < 4.78 is 28.7. The molecule has 1 saturated heterocycles. The van der Waals surface area contributed by atoms with Gasteiger partial charge in [-0.05, 0) is 31.9 Å². The van der Waals surface area contributed by atoms with Crippen LogP contribution in [0.4, 0.5) is 0 Å². The Morgan fingerprint density at radius 1 is 1.38 bits per heavy atom. The Hall–Kier alpha value is -1.44. The molecule has 21 heavy (non-hydrogen) atoms. The van der Waals surface area contributed by atoms with E-state index in [2.05, 4.69) is 0 Å². The number of carbonyl (C=O) groups is 1. The number of sulfonamides is 1. The summed E-state index contributed by atoms with van der Waals surface area (Å²) in [6, 6.07) is 6.01. The maximum atomic E-state index is 12.6. The molecule has 1 aliphatic rings. The zero-order valence-electron chi connectivity index (χ0n) is 12.2. The molecule has 6 nitrogen and oxygen atoms in total. The molecule has 1 amide bonds. The molecule has 0 radical (unpaired) electrons. The van der Waals surface area contributed by atoms with Crippen LogP contribution in [0.15, 0.2) is 29.2 Å². The van der Waals surface area contributed by atoms with E-state index in [9.17, 15) is 13.2 Å². The van der Waals surface area contributed by atoms with Crippen molar-refractivity contribution in [1.82, 2.24) is 4.90 Å². The molecular formula is C14H20N2O4S. The molecule has 7 heteroatoms. The van der Waals surface area contributed by atoms with Crippen LogP contribution in [0.25, 0.3) is 0 Å². The summed E-state index contributed by atoms with van der Waals surface area (Å²) in [5.41, 5.74) is -0.287. The van der Waals surface area contributed by atoms with Gasteiger partial charge in [-0.3, -0.25) is 4.79 Å². The Labute approximate surface area is 124 Å². The Morgan fingerprint density at radius 2 is 2.05 bits per heavy atom. The lowest BCUT2D eigenvalue weighted by Crippen LogP contribution is -2.49. The third-order valence-corrected chi connectivity index (χ3v) is 4.83. The highest BCUT2D eigenvalue weighted by Crippen LogP contribution is 2.26. The van der Waals surface area contributed by atoms with Gasteiger partial charge in [0.15, 0.2) is 0 Å². The lowest BCUT2D eigenvalue weighted by Gasteiger charge is -2.39. The highest BCUT2D eigenvalue weighted by Gasteiger charge is 2.34. The van der Waals surface area contributed by atoms with Crippen molar-refractivity contribution in [1.29, 1.82) is 0 Å². The zero-order chi connectivity index (χ0) is 15.7. The first kappa shape index (κ1) is 15.9. The molecule has 116 valence electrons. The van der Waals surface area contributed by atoms with Gasteiger partial charge in [-0.2, -0.15) is 0 Å². The Bertz CT molecular complexity index is 644. The average molecular weight is 312 g/mol. The maximum Gasteiger partial charge on any atom is 0.255 e. The molecule has 1 aliphatic heterocycles. The van der Waals surface area contributed by atoms with E-state index in [0.717, 1.165) is 12.8 Å². The van der Waals surface area contributed by atoms with E-state index in [4.69, 9.17) is 9.88 Å². The molecule has 0 saturated carbocycles. The number of rotatable bonds is 3. The van der Waals surface area contributed by atoms with Crippen LogP contribution in [0.1, 0.15) is 30.1 Å². The summed E-state index contributed by atoms with van der Waals surface area (Å²) in [6.45, 7) is 2.95. The molecule has 2 rings (SSSR count). The lowest BCUT2D eigenvalue weighted by molar-refractivity contribution is -0.0440. The highest BCUT2D eigenvalue weighted by molar-refractivity contribution is 7.89. The number of carbonyl (C=O) groups excluding carboxylic acids is 1. The van der Waals surface area contributed by atoms with Crippen LogP contribution in [-0.4, -0.2) is 45.0 Å². The van der Waals surface area contributed by atoms with E-state index in [1.807, 2.05) is 6.92 Å². The van der Waals surface area contributed by atoms with Gasteiger partial charge in [-0.15, -0.1) is 0 Å². The topological polar surface area (TPSA) is 89.7 Å². The Morgan fingerprint density at radius 3 is 2.67 bits per heavy atom.